The van der Waals surface area contributed by atoms with E-state index in [1.807, 2.05) is 12.2 Å². The summed E-state index contributed by atoms with van der Waals surface area (Å²) in [5.41, 5.74) is 0. The molecule has 0 radical (unpaired) electrons. The maximum atomic E-state index is 5.73. The van der Waals surface area contributed by atoms with Crippen LogP contribution in [0.4, 0.5) is 0 Å². The van der Waals surface area contributed by atoms with E-state index in [0.29, 0.717) is 12.0 Å². The summed E-state index contributed by atoms with van der Waals surface area (Å²) in [6.45, 7) is 2.83. The average Bonchev–Trinajstić information content (AvgIpc) is 2.28. The summed E-state index contributed by atoms with van der Waals surface area (Å²) >= 11 is 3.45. The van der Waals surface area contributed by atoms with E-state index in [1.54, 1.807) is 0 Å². The highest BCUT2D eigenvalue weighted by Gasteiger charge is 2.11. The number of hydrogen-bond acceptors (Lipinski definition) is 2. The minimum absolute atomic E-state index is 0.357. The second kappa shape index (κ2) is 5.39. The standard InChI is InChI=1S/C13H16BrNO/c1-10-3-2-4-13(15-10)16-9-11-5-7-12(14)8-6-11/h2-5,7-8,10-11,15H,6,9H2,1H3. The van der Waals surface area contributed by atoms with Crippen LogP contribution in [-0.4, -0.2) is 12.6 Å². The van der Waals surface area contributed by atoms with Crippen molar-refractivity contribution < 1.29 is 4.74 Å². The van der Waals surface area contributed by atoms with E-state index >= 15 is 0 Å². The van der Waals surface area contributed by atoms with Crippen LogP contribution < -0.4 is 5.32 Å². The Morgan fingerprint density at radius 3 is 3.06 bits per heavy atom. The molecule has 2 atom stereocenters. The van der Waals surface area contributed by atoms with Crippen LogP contribution in [0.5, 0.6) is 0 Å². The van der Waals surface area contributed by atoms with E-state index in [-0.39, 0.29) is 0 Å². The third-order valence-electron chi connectivity index (χ3n) is 2.61. The van der Waals surface area contributed by atoms with Crippen LogP contribution in [0.25, 0.3) is 0 Å². The van der Waals surface area contributed by atoms with Crippen molar-refractivity contribution in [3.05, 3.63) is 46.8 Å². The molecule has 1 aliphatic heterocycles. The molecule has 1 N–H and O–H groups in total. The smallest absolute Gasteiger partial charge is 0.187 e. The summed E-state index contributed by atoms with van der Waals surface area (Å²) in [6, 6.07) is 0.357. The number of hydrogen-bond donors (Lipinski definition) is 1. The van der Waals surface area contributed by atoms with Gasteiger partial charge in [-0.15, -0.1) is 0 Å². The van der Waals surface area contributed by atoms with Gasteiger partial charge in [0.15, 0.2) is 5.88 Å². The highest BCUT2D eigenvalue weighted by atomic mass is 79.9. The number of allylic oxidation sites excluding steroid dienone is 5. The molecular formula is C13H16BrNO. The van der Waals surface area contributed by atoms with Gasteiger partial charge in [0.1, 0.15) is 0 Å². The Balaban J connectivity index is 1.78. The lowest BCUT2D eigenvalue weighted by molar-refractivity contribution is 0.161. The fourth-order valence-corrected chi connectivity index (χ4v) is 2.02. The fourth-order valence-electron chi connectivity index (χ4n) is 1.68. The van der Waals surface area contributed by atoms with Gasteiger partial charge in [-0.25, -0.2) is 0 Å². The maximum Gasteiger partial charge on any atom is 0.187 e. The molecule has 0 spiro atoms. The molecular weight excluding hydrogens is 266 g/mol. The van der Waals surface area contributed by atoms with E-state index in [0.717, 1.165) is 23.4 Å². The zero-order chi connectivity index (χ0) is 11.4. The maximum absolute atomic E-state index is 5.73. The molecule has 0 amide bonds. The second-order valence-corrected chi connectivity index (χ2v) is 5.02. The summed E-state index contributed by atoms with van der Waals surface area (Å²) in [7, 11) is 0. The third-order valence-corrected chi connectivity index (χ3v) is 3.20. The van der Waals surface area contributed by atoms with Crippen molar-refractivity contribution in [2.45, 2.75) is 19.4 Å². The van der Waals surface area contributed by atoms with Gasteiger partial charge in [-0.05, 0) is 19.4 Å². The van der Waals surface area contributed by atoms with Crippen LogP contribution >= 0.6 is 15.9 Å². The molecule has 0 bridgehead atoms. The normalized spacial score (nSPS) is 28.1. The van der Waals surface area contributed by atoms with E-state index in [9.17, 15) is 0 Å². The van der Waals surface area contributed by atoms with Crippen molar-refractivity contribution in [2.75, 3.05) is 6.61 Å². The van der Waals surface area contributed by atoms with Crippen molar-refractivity contribution in [2.24, 2.45) is 5.92 Å². The first-order chi connectivity index (χ1) is 7.74. The molecule has 86 valence electrons. The Hall–Kier alpha value is -0.960. The van der Waals surface area contributed by atoms with Gasteiger partial charge in [0.05, 0.1) is 6.61 Å². The van der Waals surface area contributed by atoms with E-state index < -0.39 is 0 Å². The van der Waals surface area contributed by atoms with Gasteiger partial charge in [0.25, 0.3) is 0 Å². The van der Waals surface area contributed by atoms with Crippen molar-refractivity contribution in [1.29, 1.82) is 0 Å². The molecule has 0 aromatic rings. The average molecular weight is 282 g/mol. The summed E-state index contributed by atoms with van der Waals surface area (Å²) in [5, 5.41) is 3.27. The molecule has 0 saturated carbocycles. The summed E-state index contributed by atoms with van der Waals surface area (Å²) < 4.78 is 6.89. The summed E-state index contributed by atoms with van der Waals surface area (Å²) in [6.07, 6.45) is 13.6. The molecule has 1 aliphatic carbocycles. The number of ether oxygens (including phenoxy) is 1. The van der Waals surface area contributed by atoms with Crippen molar-refractivity contribution in [3.8, 4) is 0 Å². The van der Waals surface area contributed by atoms with Gasteiger partial charge in [-0.2, -0.15) is 0 Å². The van der Waals surface area contributed by atoms with Crippen molar-refractivity contribution >= 4 is 15.9 Å². The highest BCUT2D eigenvalue weighted by molar-refractivity contribution is 9.11. The molecule has 2 unspecified atom stereocenters. The molecule has 16 heavy (non-hydrogen) atoms. The van der Waals surface area contributed by atoms with Gasteiger partial charge in [-0.3, -0.25) is 0 Å². The topological polar surface area (TPSA) is 21.3 Å². The lowest BCUT2D eigenvalue weighted by Crippen LogP contribution is -2.27. The predicted octanol–water partition coefficient (Wildman–Crippen LogP) is 3.25. The van der Waals surface area contributed by atoms with Crippen molar-refractivity contribution in [3.63, 3.8) is 0 Å². The second-order valence-electron chi connectivity index (χ2n) is 4.10. The Morgan fingerprint density at radius 2 is 2.38 bits per heavy atom. The molecule has 0 fully saturated rings. The van der Waals surface area contributed by atoms with Crippen LogP contribution in [0.1, 0.15) is 13.3 Å². The van der Waals surface area contributed by atoms with Gasteiger partial charge in [0.2, 0.25) is 0 Å². The monoisotopic (exact) mass is 281 g/mol. The molecule has 0 saturated heterocycles. The molecule has 3 heteroatoms. The fraction of sp³-hybridized carbons (Fsp3) is 0.385. The van der Waals surface area contributed by atoms with Gasteiger partial charge < -0.3 is 10.1 Å². The van der Waals surface area contributed by atoms with Crippen LogP contribution in [-0.2, 0) is 4.74 Å². The summed E-state index contributed by atoms with van der Waals surface area (Å²) in [4.78, 5) is 0. The Morgan fingerprint density at radius 1 is 1.50 bits per heavy atom. The Kier molecular flexibility index (Phi) is 3.88. The van der Waals surface area contributed by atoms with Crippen LogP contribution in [0.2, 0.25) is 0 Å². The number of dihydropyridines is 1. The lowest BCUT2D eigenvalue weighted by atomic mass is 10.0. The van der Waals surface area contributed by atoms with Gasteiger partial charge >= 0.3 is 0 Å². The van der Waals surface area contributed by atoms with Crippen LogP contribution in [0.3, 0.4) is 0 Å². The molecule has 0 aromatic carbocycles. The van der Waals surface area contributed by atoms with Gasteiger partial charge in [0, 0.05) is 16.4 Å². The SMILES string of the molecule is CC1C=CC=C(OCC2C=CC(Br)=CC2)N1. The zero-order valence-corrected chi connectivity index (χ0v) is 10.9. The van der Waals surface area contributed by atoms with Crippen LogP contribution in [0.15, 0.2) is 46.8 Å². The largest absolute Gasteiger partial charge is 0.479 e. The molecule has 2 nitrogen and oxygen atoms in total. The van der Waals surface area contributed by atoms with Crippen molar-refractivity contribution in [1.82, 2.24) is 5.32 Å². The Bertz CT molecular complexity index is 368. The third kappa shape index (κ3) is 3.27. The minimum Gasteiger partial charge on any atom is -0.479 e. The molecule has 2 rings (SSSR count). The van der Waals surface area contributed by atoms with E-state index in [4.69, 9.17) is 4.74 Å². The molecule has 1 heterocycles. The van der Waals surface area contributed by atoms with Gasteiger partial charge in [-0.1, -0.05) is 46.3 Å². The molecule has 2 aliphatic rings. The van der Waals surface area contributed by atoms with E-state index in [1.165, 1.54) is 0 Å². The summed E-state index contributed by atoms with van der Waals surface area (Å²) in [5.74, 6) is 1.35. The first-order valence-corrected chi connectivity index (χ1v) is 6.35. The number of halogens is 1. The Labute approximate surface area is 105 Å². The highest BCUT2D eigenvalue weighted by Crippen LogP contribution is 2.20. The van der Waals surface area contributed by atoms with Crippen LogP contribution in [0, 0.1) is 5.92 Å². The predicted molar refractivity (Wildman–Crippen MR) is 70.0 cm³/mol. The lowest BCUT2D eigenvalue weighted by Gasteiger charge is -2.21. The van der Waals surface area contributed by atoms with E-state index in [2.05, 4.69) is 52.5 Å². The minimum atomic E-state index is 0.357. The number of nitrogens with one attached hydrogen (secondary N) is 1. The first kappa shape index (κ1) is 11.5. The zero-order valence-electron chi connectivity index (χ0n) is 9.32. The number of rotatable bonds is 3. The first-order valence-electron chi connectivity index (χ1n) is 5.56. The molecule has 0 aromatic heterocycles. The quantitative estimate of drug-likeness (QED) is 0.858.